The van der Waals surface area contributed by atoms with Gasteiger partial charge in [-0.15, -0.1) is 0 Å². The Morgan fingerprint density at radius 2 is 1.20 bits per heavy atom. The topological polar surface area (TPSA) is 31.5 Å². The fourth-order valence-electron chi connectivity index (χ4n) is 0.354. The van der Waals surface area contributed by atoms with Gasteiger partial charge in [-0.3, -0.25) is 0 Å². The van der Waals surface area contributed by atoms with Gasteiger partial charge in [-0.2, -0.15) is 0 Å². The zero-order chi connectivity index (χ0) is 7.70. The summed E-state index contributed by atoms with van der Waals surface area (Å²) in [6.45, 7) is 4.59. The molecule has 0 spiro atoms. The molecule has 2 N–H and O–H groups in total. The Labute approximate surface area is 78.9 Å². The first-order valence-corrected chi connectivity index (χ1v) is 15.6. The molecule has 0 aliphatic carbocycles. The minimum atomic E-state index is -0.479. The van der Waals surface area contributed by atoms with Crippen LogP contribution in [0.25, 0.3) is 0 Å². The van der Waals surface area contributed by atoms with Crippen molar-refractivity contribution < 1.29 is 22.6 Å². The second kappa shape index (κ2) is 16.7. The Balaban J connectivity index is -0.0000000910. The molecule has 3 heteroatoms. The summed E-state index contributed by atoms with van der Waals surface area (Å²) < 4.78 is 0. The fourth-order valence-corrected chi connectivity index (χ4v) is 1.84. The van der Waals surface area contributed by atoms with Crippen molar-refractivity contribution in [1.82, 2.24) is 0 Å². The van der Waals surface area contributed by atoms with Crippen molar-refractivity contribution in [1.29, 1.82) is 0 Å². The van der Waals surface area contributed by atoms with Crippen LogP contribution in [-0.2, 0) is 17.1 Å². The first kappa shape index (κ1) is 17.3. The quantitative estimate of drug-likeness (QED) is 0.680. The van der Waals surface area contributed by atoms with E-state index in [4.69, 9.17) is 0 Å². The third-order valence-corrected chi connectivity index (χ3v) is 3.67. The van der Waals surface area contributed by atoms with Gasteiger partial charge in [0.1, 0.15) is 0 Å². The molecule has 0 rings (SSSR count). The standard InChI is InChI=1S/2C2H5.3CH3.Ga.H2O.Zn/c2*1-2;;;;;;/h2*1H2,2H3;3*1H3;;1H2;. The first-order valence-electron chi connectivity index (χ1n) is 4.15. The molecule has 0 amide bonds. The van der Waals surface area contributed by atoms with E-state index in [9.17, 15) is 0 Å². The van der Waals surface area contributed by atoms with E-state index in [2.05, 4.69) is 30.3 Å². The van der Waals surface area contributed by atoms with Gasteiger partial charge in [-0.05, 0) is 0 Å². The van der Waals surface area contributed by atoms with E-state index >= 15 is 0 Å². The zero-order valence-corrected chi connectivity index (χ0v) is 13.6. The molecule has 60 valence electrons. The third-order valence-electron chi connectivity index (χ3n) is 0.707. The van der Waals surface area contributed by atoms with E-state index in [1.165, 1.54) is 10.0 Å². The SMILES string of the molecule is C[CH2][Zn][CH2]C.O.[CH3][Ga]([CH3])[CH3]. The molecule has 0 bridgehead atoms. The normalized spacial score (nSPS) is 6.10. The summed E-state index contributed by atoms with van der Waals surface area (Å²) in [5.74, 6) is 0. The van der Waals surface area contributed by atoms with Crippen LogP contribution in [-0.4, -0.2) is 21.7 Å². The molecule has 0 saturated heterocycles. The van der Waals surface area contributed by atoms with Crippen molar-refractivity contribution in [3.63, 3.8) is 0 Å². The van der Waals surface area contributed by atoms with Gasteiger partial charge in [0.2, 0.25) is 0 Å². The summed E-state index contributed by atoms with van der Waals surface area (Å²) in [6.07, 6.45) is 0. The van der Waals surface area contributed by atoms with Crippen LogP contribution in [0.5, 0.6) is 0 Å². The Kier molecular flexibility index (Phi) is 28.9. The van der Waals surface area contributed by atoms with Crippen molar-refractivity contribution in [2.24, 2.45) is 0 Å². The fraction of sp³-hybridized carbons (Fsp3) is 1.00. The van der Waals surface area contributed by atoms with Crippen LogP contribution in [0.3, 0.4) is 0 Å². The van der Waals surface area contributed by atoms with Crippen molar-refractivity contribution in [2.45, 2.75) is 40.3 Å². The molecule has 0 fully saturated rings. The maximum atomic E-state index is 2.35. The predicted molar refractivity (Wildman–Crippen MR) is 47.9 cm³/mol. The third kappa shape index (κ3) is 60.1. The van der Waals surface area contributed by atoms with Crippen LogP contribution in [0, 0.1) is 0 Å². The average Bonchev–Trinajstić information content (AvgIpc) is 1.66. The van der Waals surface area contributed by atoms with Gasteiger partial charge in [-0.25, -0.2) is 0 Å². The molecule has 0 heterocycles. The molecule has 0 aromatic carbocycles. The minimum absolute atomic E-state index is 0. The molecule has 0 unspecified atom stereocenters. The maximum absolute atomic E-state index is 2.35. The molecule has 0 aromatic rings. The van der Waals surface area contributed by atoms with E-state index in [0.29, 0.717) is 0 Å². The summed E-state index contributed by atoms with van der Waals surface area (Å²) in [7, 11) is 0. The van der Waals surface area contributed by atoms with Gasteiger partial charge >= 0.3 is 73.7 Å². The Hall–Kier alpha value is 1.22. The van der Waals surface area contributed by atoms with E-state index < -0.39 is 16.2 Å². The second-order valence-corrected chi connectivity index (χ2v) is 16.0. The van der Waals surface area contributed by atoms with Gasteiger partial charge in [0.05, 0.1) is 0 Å². The molecule has 0 atom stereocenters. The summed E-state index contributed by atoms with van der Waals surface area (Å²) in [4.78, 5) is 0. The van der Waals surface area contributed by atoms with Gasteiger partial charge in [0, 0.05) is 0 Å². The van der Waals surface area contributed by atoms with Crippen LogP contribution in [0.4, 0.5) is 0 Å². The van der Waals surface area contributed by atoms with Gasteiger partial charge in [-0.1, -0.05) is 0 Å². The van der Waals surface area contributed by atoms with Crippen LogP contribution in [0.2, 0.25) is 26.5 Å². The van der Waals surface area contributed by atoms with Crippen LogP contribution < -0.4 is 0 Å². The summed E-state index contributed by atoms with van der Waals surface area (Å²) in [6, 6.07) is 0. The number of rotatable bonds is 2. The summed E-state index contributed by atoms with van der Waals surface area (Å²) >= 11 is -0.382. The van der Waals surface area contributed by atoms with Crippen LogP contribution in [0.1, 0.15) is 13.8 Å². The van der Waals surface area contributed by atoms with E-state index in [-0.39, 0.29) is 22.6 Å². The molecule has 10 heavy (non-hydrogen) atoms. The Morgan fingerprint density at radius 1 is 1.00 bits per heavy atom. The molecule has 0 aliphatic heterocycles. The van der Waals surface area contributed by atoms with Crippen molar-refractivity contribution in [3.05, 3.63) is 0 Å². The molecule has 1 nitrogen and oxygen atoms in total. The molecule has 0 aliphatic rings. The van der Waals surface area contributed by atoms with E-state index in [0.717, 1.165) is 0 Å². The first-order chi connectivity index (χ1) is 4.15. The monoisotopic (exact) mass is 254 g/mol. The molecule has 0 aromatic heterocycles. The van der Waals surface area contributed by atoms with Crippen molar-refractivity contribution in [2.75, 3.05) is 0 Å². The second-order valence-electron chi connectivity index (χ2n) is 3.09. The zero-order valence-electron chi connectivity index (χ0n) is 8.20. The molecular weight excluding hydrogens is 235 g/mol. The molecule has 0 saturated carbocycles. The number of hydrogen-bond acceptors (Lipinski definition) is 0. The van der Waals surface area contributed by atoms with Crippen molar-refractivity contribution >= 4 is 16.2 Å². The van der Waals surface area contributed by atoms with Crippen molar-refractivity contribution in [3.8, 4) is 0 Å². The summed E-state index contributed by atoms with van der Waals surface area (Å²) in [5.41, 5.74) is 7.06. The predicted octanol–water partition coefficient (Wildman–Crippen LogP) is 2.49. The van der Waals surface area contributed by atoms with Gasteiger partial charge in [0.15, 0.2) is 0 Å². The number of hydrogen-bond donors (Lipinski definition) is 0. The van der Waals surface area contributed by atoms with Crippen LogP contribution >= 0.6 is 0 Å². The molecular formula is C7H21GaOZn. The molecule has 0 radical (unpaired) electrons. The van der Waals surface area contributed by atoms with Gasteiger partial charge < -0.3 is 5.48 Å². The van der Waals surface area contributed by atoms with Gasteiger partial charge in [0.25, 0.3) is 0 Å². The van der Waals surface area contributed by atoms with E-state index in [1.807, 2.05) is 0 Å². The van der Waals surface area contributed by atoms with E-state index in [1.54, 1.807) is 0 Å². The Morgan fingerprint density at radius 3 is 1.20 bits per heavy atom. The van der Waals surface area contributed by atoms with Crippen LogP contribution in [0.15, 0.2) is 0 Å². The summed E-state index contributed by atoms with van der Waals surface area (Å²) in [5, 5.41) is 3.06. The average molecular weight is 256 g/mol. The Bertz CT molecular complexity index is 37.8.